The van der Waals surface area contributed by atoms with Crippen LogP contribution in [0.25, 0.3) is 0 Å². The highest BCUT2D eigenvalue weighted by molar-refractivity contribution is 5.71. The smallest absolute Gasteiger partial charge is 0.211 e. The molecular weight excluding hydrogens is 224 g/mol. The van der Waals surface area contributed by atoms with Gasteiger partial charge in [-0.2, -0.15) is 0 Å². The first-order valence-corrected chi connectivity index (χ1v) is 6.54. The summed E-state index contributed by atoms with van der Waals surface area (Å²) in [6.07, 6.45) is 1.68. The lowest BCUT2D eigenvalue weighted by Crippen LogP contribution is -2.29. The lowest BCUT2D eigenvalue weighted by atomic mass is 10.1. The van der Waals surface area contributed by atoms with Crippen LogP contribution in [0.3, 0.4) is 0 Å². The Morgan fingerprint density at radius 2 is 1.78 bits per heavy atom. The number of amides is 1. The predicted molar refractivity (Wildman–Crippen MR) is 78.9 cm³/mol. The van der Waals surface area contributed by atoms with Crippen LogP contribution in [0, 0.1) is 0 Å². The molecule has 0 spiro atoms. The van der Waals surface area contributed by atoms with Gasteiger partial charge in [0, 0.05) is 17.8 Å². The van der Waals surface area contributed by atoms with Crippen molar-refractivity contribution in [2.45, 2.75) is 53.1 Å². The summed E-state index contributed by atoms with van der Waals surface area (Å²) in [7, 11) is 0. The van der Waals surface area contributed by atoms with E-state index in [1.54, 1.807) is 0 Å². The van der Waals surface area contributed by atoms with Crippen molar-refractivity contribution < 1.29 is 4.79 Å². The third-order valence-electron chi connectivity index (χ3n) is 2.23. The number of rotatable bonds is 5. The maximum absolute atomic E-state index is 10.1. The van der Waals surface area contributed by atoms with Gasteiger partial charge in [-0.3, -0.25) is 4.79 Å². The summed E-state index contributed by atoms with van der Waals surface area (Å²) in [6, 6.07) is 9.06. The Morgan fingerprint density at radius 1 is 1.17 bits per heavy atom. The summed E-state index contributed by atoms with van der Waals surface area (Å²) < 4.78 is 0. The van der Waals surface area contributed by atoms with E-state index in [0.717, 1.165) is 12.1 Å². The van der Waals surface area contributed by atoms with Crippen molar-refractivity contribution >= 4 is 12.1 Å². The maximum atomic E-state index is 10.1. The molecule has 102 valence electrons. The number of carbonyl (C=O) groups excluding carboxylic acids is 1. The summed E-state index contributed by atoms with van der Waals surface area (Å²) >= 11 is 0. The molecule has 0 bridgehead atoms. The van der Waals surface area contributed by atoms with E-state index >= 15 is 0 Å². The Kier molecular flexibility index (Phi) is 8.93. The molecule has 0 fully saturated rings. The van der Waals surface area contributed by atoms with Crippen LogP contribution < -0.4 is 10.6 Å². The van der Waals surface area contributed by atoms with Crippen molar-refractivity contribution in [3.05, 3.63) is 29.8 Å². The zero-order valence-corrected chi connectivity index (χ0v) is 12.2. The van der Waals surface area contributed by atoms with Gasteiger partial charge in [-0.25, -0.2) is 0 Å². The van der Waals surface area contributed by atoms with Gasteiger partial charge in [0.05, 0.1) is 0 Å². The molecule has 0 atom stereocenters. The number of anilines is 1. The highest BCUT2D eigenvalue weighted by Gasteiger charge is 1.92. The van der Waals surface area contributed by atoms with Gasteiger partial charge in [0.1, 0.15) is 0 Å². The van der Waals surface area contributed by atoms with Crippen LogP contribution in [0.5, 0.6) is 0 Å². The van der Waals surface area contributed by atoms with Gasteiger partial charge < -0.3 is 10.6 Å². The average Bonchev–Trinajstić information content (AvgIpc) is 2.29. The highest BCUT2D eigenvalue weighted by atomic mass is 16.1. The average molecular weight is 250 g/mol. The molecule has 0 aliphatic rings. The van der Waals surface area contributed by atoms with E-state index in [1.165, 1.54) is 5.56 Å². The number of benzene rings is 1. The minimum Gasteiger partial charge on any atom is -0.329 e. The van der Waals surface area contributed by atoms with Crippen LogP contribution in [-0.4, -0.2) is 18.5 Å². The topological polar surface area (TPSA) is 41.1 Å². The molecule has 1 aromatic rings. The van der Waals surface area contributed by atoms with Gasteiger partial charge in [-0.1, -0.05) is 46.8 Å². The number of nitrogens with one attached hydrogen (secondary N) is 2. The Morgan fingerprint density at radius 3 is 2.17 bits per heavy atom. The molecule has 3 nitrogen and oxygen atoms in total. The molecule has 1 rings (SSSR count). The number of aryl methyl sites for hydroxylation is 1. The fraction of sp³-hybridized carbons (Fsp3) is 0.533. The van der Waals surface area contributed by atoms with Crippen LogP contribution in [0.4, 0.5) is 5.69 Å². The molecule has 2 N–H and O–H groups in total. The third-order valence-corrected chi connectivity index (χ3v) is 2.23. The number of hydrogen-bond donors (Lipinski definition) is 2. The minimum absolute atomic E-state index is 0.625. The van der Waals surface area contributed by atoms with E-state index in [0.29, 0.717) is 18.5 Å². The van der Waals surface area contributed by atoms with E-state index < -0.39 is 0 Å². The molecule has 0 unspecified atom stereocenters. The third kappa shape index (κ3) is 8.76. The van der Waals surface area contributed by atoms with Gasteiger partial charge in [0.25, 0.3) is 0 Å². The summed E-state index contributed by atoms with van der Waals surface area (Å²) in [4.78, 5) is 10.1. The quantitative estimate of drug-likeness (QED) is 0.788. The van der Waals surface area contributed by atoms with Gasteiger partial charge >= 0.3 is 0 Å². The molecule has 0 heterocycles. The Hall–Kier alpha value is -1.35. The fourth-order valence-corrected chi connectivity index (χ4v) is 1.62. The van der Waals surface area contributed by atoms with Crippen molar-refractivity contribution in [3.8, 4) is 0 Å². The standard InChI is InChI=1S/C9H11NO.C6H15N/c1-2-8-4-3-5-9(6-8)10-7-11;1-5(2)7-6(3)4/h3-7H,2H2,1H3,(H,10,11);5-7H,1-4H3. The molecule has 0 aliphatic heterocycles. The first kappa shape index (κ1) is 16.6. The Labute approximate surface area is 111 Å². The van der Waals surface area contributed by atoms with Crippen LogP contribution in [0.15, 0.2) is 24.3 Å². The van der Waals surface area contributed by atoms with Crippen molar-refractivity contribution in [1.29, 1.82) is 0 Å². The van der Waals surface area contributed by atoms with Gasteiger partial charge in [0.2, 0.25) is 6.41 Å². The van der Waals surface area contributed by atoms with Gasteiger partial charge in [0.15, 0.2) is 0 Å². The van der Waals surface area contributed by atoms with Crippen LogP contribution >= 0.6 is 0 Å². The van der Waals surface area contributed by atoms with Crippen molar-refractivity contribution in [3.63, 3.8) is 0 Å². The minimum atomic E-state index is 0.625. The normalized spacial score (nSPS) is 9.94. The second-order valence-electron chi connectivity index (χ2n) is 4.79. The maximum Gasteiger partial charge on any atom is 0.211 e. The molecule has 18 heavy (non-hydrogen) atoms. The Balaban J connectivity index is 0.000000360. The molecular formula is C15H26N2O. The summed E-state index contributed by atoms with van der Waals surface area (Å²) in [6.45, 7) is 10.7. The summed E-state index contributed by atoms with van der Waals surface area (Å²) in [5, 5.41) is 5.91. The largest absolute Gasteiger partial charge is 0.329 e. The predicted octanol–water partition coefficient (Wildman–Crippen LogP) is 3.21. The second-order valence-corrected chi connectivity index (χ2v) is 4.79. The SMILES string of the molecule is CC(C)NC(C)C.CCc1cccc(NC=O)c1. The van der Waals surface area contributed by atoms with E-state index in [4.69, 9.17) is 0 Å². The van der Waals surface area contributed by atoms with Crippen LogP contribution in [-0.2, 0) is 11.2 Å². The molecule has 0 saturated carbocycles. The monoisotopic (exact) mass is 250 g/mol. The Bertz CT molecular complexity index is 329. The van der Waals surface area contributed by atoms with Crippen molar-refractivity contribution in [2.24, 2.45) is 0 Å². The number of hydrogen-bond acceptors (Lipinski definition) is 2. The molecule has 0 aromatic heterocycles. The second kappa shape index (κ2) is 9.66. The molecule has 1 aromatic carbocycles. The lowest BCUT2D eigenvalue weighted by molar-refractivity contribution is -0.105. The first-order valence-electron chi connectivity index (χ1n) is 6.54. The first-order chi connectivity index (χ1) is 8.49. The summed E-state index contributed by atoms with van der Waals surface area (Å²) in [5.41, 5.74) is 2.09. The van der Waals surface area contributed by atoms with Crippen LogP contribution in [0.2, 0.25) is 0 Å². The van der Waals surface area contributed by atoms with Gasteiger partial charge in [-0.05, 0) is 24.1 Å². The van der Waals surface area contributed by atoms with Gasteiger partial charge in [-0.15, -0.1) is 0 Å². The zero-order chi connectivity index (χ0) is 14.0. The van der Waals surface area contributed by atoms with Crippen molar-refractivity contribution in [2.75, 3.05) is 5.32 Å². The molecule has 0 saturated heterocycles. The molecule has 3 heteroatoms. The summed E-state index contributed by atoms with van der Waals surface area (Å²) in [5.74, 6) is 0. The van der Waals surface area contributed by atoms with Crippen LogP contribution in [0.1, 0.15) is 40.2 Å². The zero-order valence-electron chi connectivity index (χ0n) is 12.2. The van der Waals surface area contributed by atoms with E-state index in [9.17, 15) is 4.79 Å². The van der Waals surface area contributed by atoms with E-state index in [-0.39, 0.29) is 0 Å². The highest BCUT2D eigenvalue weighted by Crippen LogP contribution is 2.09. The van der Waals surface area contributed by atoms with Crippen molar-refractivity contribution in [1.82, 2.24) is 5.32 Å². The molecule has 1 amide bonds. The lowest BCUT2D eigenvalue weighted by Gasteiger charge is -2.10. The molecule has 0 radical (unpaired) electrons. The van der Waals surface area contributed by atoms with E-state index in [1.807, 2.05) is 24.3 Å². The molecule has 0 aliphatic carbocycles. The fourth-order valence-electron chi connectivity index (χ4n) is 1.62. The number of carbonyl (C=O) groups is 1. The van der Waals surface area contributed by atoms with E-state index in [2.05, 4.69) is 45.3 Å².